The van der Waals surface area contributed by atoms with E-state index in [4.69, 9.17) is 9.47 Å². The Balaban J connectivity index is 1.68. The topological polar surface area (TPSA) is 79.9 Å². The molecule has 2 aromatic rings. The third kappa shape index (κ3) is 7.48. The normalized spacial score (nSPS) is 15.9. The number of hydrogen-bond acceptors (Lipinski definition) is 6. The summed E-state index contributed by atoms with van der Waals surface area (Å²) in [4.78, 5) is 28.1. The first-order valence-electron chi connectivity index (χ1n) is 11.2. The van der Waals surface area contributed by atoms with Gasteiger partial charge in [-0.15, -0.1) is 0 Å². The van der Waals surface area contributed by atoms with E-state index in [0.29, 0.717) is 31.7 Å². The Morgan fingerprint density at radius 1 is 1.09 bits per heavy atom. The Morgan fingerprint density at radius 2 is 1.79 bits per heavy atom. The van der Waals surface area contributed by atoms with Gasteiger partial charge in [0.1, 0.15) is 11.8 Å². The maximum atomic E-state index is 13.1. The minimum atomic E-state index is -0.591. The molecule has 8 heteroatoms. The number of carbonyl (C=O) groups is 2. The van der Waals surface area contributed by atoms with E-state index in [1.807, 2.05) is 48.7 Å². The molecule has 1 aliphatic heterocycles. The molecule has 0 radical (unpaired) electrons. The molecule has 1 heterocycles. The molecule has 0 unspecified atom stereocenters. The molecule has 3 rings (SSSR count). The quantitative estimate of drug-likeness (QED) is 0.525. The van der Waals surface area contributed by atoms with E-state index in [9.17, 15) is 9.59 Å². The summed E-state index contributed by atoms with van der Waals surface area (Å²) in [6.45, 7) is 3.39. The smallest absolute Gasteiger partial charge is 0.251 e. The predicted molar refractivity (Wildman–Crippen MR) is 132 cm³/mol. The molecule has 2 amide bonds. The summed E-state index contributed by atoms with van der Waals surface area (Å²) in [5.41, 5.74) is 1.65. The number of nitrogens with zero attached hydrogens (tertiary/aromatic N) is 1. The molecule has 178 valence electrons. The number of ether oxygens (including phenoxy) is 2. The van der Waals surface area contributed by atoms with Gasteiger partial charge in [0, 0.05) is 25.2 Å². The van der Waals surface area contributed by atoms with E-state index in [1.165, 1.54) is 0 Å². The maximum absolute atomic E-state index is 13.1. The predicted octanol–water partition coefficient (Wildman–Crippen LogP) is 2.74. The Bertz CT molecular complexity index is 873. The lowest BCUT2D eigenvalue weighted by Crippen LogP contribution is -2.50. The number of thioether (sulfide) groups is 1. The second kappa shape index (κ2) is 13.2. The lowest BCUT2D eigenvalue weighted by molar-refractivity contribution is -0.123. The number of rotatable bonds is 11. The van der Waals surface area contributed by atoms with Crippen LogP contribution >= 0.6 is 11.8 Å². The summed E-state index contributed by atoms with van der Waals surface area (Å²) < 4.78 is 10.8. The first kappa shape index (κ1) is 25.1. The molecule has 33 heavy (non-hydrogen) atoms. The molecule has 0 aliphatic carbocycles. The fourth-order valence-electron chi connectivity index (χ4n) is 3.83. The lowest BCUT2D eigenvalue weighted by atomic mass is 10.0. The minimum Gasteiger partial charge on any atom is -0.497 e. The van der Waals surface area contributed by atoms with E-state index in [2.05, 4.69) is 15.5 Å². The monoisotopic (exact) mass is 471 g/mol. The van der Waals surface area contributed by atoms with Crippen molar-refractivity contribution in [3.8, 4) is 5.75 Å². The number of nitrogens with one attached hydrogen (secondary N) is 2. The van der Waals surface area contributed by atoms with Gasteiger partial charge in [-0.2, -0.15) is 11.8 Å². The van der Waals surface area contributed by atoms with E-state index in [1.54, 1.807) is 31.0 Å². The second-order valence-corrected chi connectivity index (χ2v) is 8.84. The van der Waals surface area contributed by atoms with Crippen LogP contribution in [0.25, 0.3) is 0 Å². The molecule has 7 nitrogen and oxygen atoms in total. The number of amides is 2. The lowest BCUT2D eigenvalue weighted by Gasteiger charge is -2.35. The summed E-state index contributed by atoms with van der Waals surface area (Å²) in [7, 11) is 1.65. The average molecular weight is 472 g/mol. The van der Waals surface area contributed by atoms with Crippen molar-refractivity contribution in [2.75, 3.05) is 52.0 Å². The van der Waals surface area contributed by atoms with E-state index in [0.717, 1.165) is 30.2 Å². The maximum Gasteiger partial charge on any atom is 0.251 e. The third-order valence-corrected chi connectivity index (χ3v) is 6.37. The Labute approximate surface area is 200 Å². The van der Waals surface area contributed by atoms with Crippen LogP contribution in [0.5, 0.6) is 5.75 Å². The van der Waals surface area contributed by atoms with E-state index >= 15 is 0 Å². The molecule has 0 bridgehead atoms. The number of carbonyl (C=O) groups excluding carboxylic acids is 2. The highest BCUT2D eigenvalue weighted by molar-refractivity contribution is 7.98. The van der Waals surface area contributed by atoms with E-state index in [-0.39, 0.29) is 17.9 Å². The third-order valence-electron chi connectivity index (χ3n) is 5.73. The Hall–Kier alpha value is -2.55. The van der Waals surface area contributed by atoms with Crippen LogP contribution < -0.4 is 15.4 Å². The van der Waals surface area contributed by atoms with Crippen LogP contribution in [-0.2, 0) is 9.53 Å². The van der Waals surface area contributed by atoms with Gasteiger partial charge in [0.05, 0.1) is 26.4 Å². The van der Waals surface area contributed by atoms with Gasteiger partial charge in [0.15, 0.2) is 0 Å². The van der Waals surface area contributed by atoms with Gasteiger partial charge in [0.2, 0.25) is 5.91 Å². The van der Waals surface area contributed by atoms with Crippen molar-refractivity contribution in [2.45, 2.75) is 18.5 Å². The molecule has 0 saturated carbocycles. The number of benzene rings is 2. The molecular weight excluding hydrogens is 438 g/mol. The summed E-state index contributed by atoms with van der Waals surface area (Å²) in [5, 5.41) is 6.01. The van der Waals surface area contributed by atoms with Crippen LogP contribution in [0.15, 0.2) is 54.6 Å². The zero-order valence-electron chi connectivity index (χ0n) is 19.3. The zero-order valence-corrected chi connectivity index (χ0v) is 20.1. The van der Waals surface area contributed by atoms with Gasteiger partial charge in [-0.1, -0.05) is 30.3 Å². The highest BCUT2D eigenvalue weighted by Crippen LogP contribution is 2.23. The molecule has 0 aromatic heterocycles. The second-order valence-electron chi connectivity index (χ2n) is 7.86. The first-order valence-corrected chi connectivity index (χ1v) is 12.6. The first-order chi connectivity index (χ1) is 16.1. The number of methoxy groups -OCH3 is 1. The molecule has 2 N–H and O–H groups in total. The minimum absolute atomic E-state index is 0.00906. The summed E-state index contributed by atoms with van der Waals surface area (Å²) in [6, 6.07) is 16.3. The van der Waals surface area contributed by atoms with Crippen molar-refractivity contribution in [3.63, 3.8) is 0 Å². The number of hydrogen-bond donors (Lipinski definition) is 2. The fraction of sp³-hybridized carbons (Fsp3) is 0.440. The highest BCUT2D eigenvalue weighted by atomic mass is 32.2. The number of morpholine rings is 1. The summed E-state index contributed by atoms with van der Waals surface area (Å²) >= 11 is 1.65. The van der Waals surface area contributed by atoms with Crippen molar-refractivity contribution < 1.29 is 19.1 Å². The van der Waals surface area contributed by atoms with Crippen molar-refractivity contribution in [1.29, 1.82) is 0 Å². The van der Waals surface area contributed by atoms with Crippen molar-refractivity contribution >= 4 is 23.6 Å². The van der Waals surface area contributed by atoms with Crippen molar-refractivity contribution in [1.82, 2.24) is 15.5 Å². The summed E-state index contributed by atoms with van der Waals surface area (Å²) in [5.74, 6) is 1.17. The molecule has 2 atom stereocenters. The average Bonchev–Trinajstić information content (AvgIpc) is 2.88. The van der Waals surface area contributed by atoms with Crippen LogP contribution in [-0.4, -0.2) is 74.7 Å². The van der Waals surface area contributed by atoms with Gasteiger partial charge in [0.25, 0.3) is 5.91 Å². The Kier molecular flexibility index (Phi) is 10.1. The van der Waals surface area contributed by atoms with E-state index < -0.39 is 6.04 Å². The summed E-state index contributed by atoms with van der Waals surface area (Å²) in [6.07, 6.45) is 2.56. The molecule has 1 aliphatic rings. The van der Waals surface area contributed by atoms with Crippen LogP contribution in [0, 0.1) is 0 Å². The van der Waals surface area contributed by atoms with Gasteiger partial charge in [-0.05, 0) is 48.3 Å². The largest absolute Gasteiger partial charge is 0.497 e. The van der Waals surface area contributed by atoms with Crippen LogP contribution in [0.3, 0.4) is 0 Å². The van der Waals surface area contributed by atoms with Crippen LogP contribution in [0.4, 0.5) is 0 Å². The van der Waals surface area contributed by atoms with Gasteiger partial charge in [-0.3, -0.25) is 14.5 Å². The van der Waals surface area contributed by atoms with Crippen molar-refractivity contribution in [2.24, 2.45) is 0 Å². The van der Waals surface area contributed by atoms with Gasteiger partial charge >= 0.3 is 0 Å². The molecule has 1 saturated heterocycles. The van der Waals surface area contributed by atoms with Crippen LogP contribution in [0.1, 0.15) is 28.4 Å². The zero-order chi connectivity index (χ0) is 23.5. The highest BCUT2D eigenvalue weighted by Gasteiger charge is 2.26. The SMILES string of the molecule is COc1ccc([C@H](CNC(=O)[C@@H](CCSC)NC(=O)c2ccccc2)N2CCOCC2)cc1. The van der Waals surface area contributed by atoms with Gasteiger partial charge in [-0.25, -0.2) is 0 Å². The fourth-order valence-corrected chi connectivity index (χ4v) is 4.30. The molecule has 1 fully saturated rings. The molecule has 2 aromatic carbocycles. The molecular formula is C25H33N3O4S. The standard InChI is InChI=1S/C25H33N3O4S/c1-31-21-10-8-19(9-11-21)23(28-13-15-32-16-14-28)18-26-25(30)22(12-17-33-2)27-24(29)20-6-4-3-5-7-20/h3-11,22-23H,12-18H2,1-2H3,(H,26,30)(H,27,29)/t22-,23+/m1/s1. The Morgan fingerprint density at radius 3 is 2.42 bits per heavy atom. The van der Waals surface area contributed by atoms with Gasteiger partial charge < -0.3 is 20.1 Å². The molecule has 0 spiro atoms. The van der Waals surface area contributed by atoms with Crippen LogP contribution in [0.2, 0.25) is 0 Å². The van der Waals surface area contributed by atoms with Crippen molar-refractivity contribution in [3.05, 3.63) is 65.7 Å².